The molecule has 2 fully saturated rings. The molecule has 0 N–H and O–H groups in total. The molecule has 0 bridgehead atoms. The fourth-order valence-electron chi connectivity index (χ4n) is 3.49. The summed E-state index contributed by atoms with van der Waals surface area (Å²) >= 11 is 0. The quantitative estimate of drug-likeness (QED) is 0.695. The molecule has 3 rings (SSSR count). The number of morpholine rings is 1. The lowest BCUT2D eigenvalue weighted by Crippen LogP contribution is -2.53. The zero-order valence-electron chi connectivity index (χ0n) is 16.5. The molecule has 2 saturated heterocycles. The van der Waals surface area contributed by atoms with Gasteiger partial charge < -0.3 is 14.5 Å². The van der Waals surface area contributed by atoms with Crippen LogP contribution in [0.25, 0.3) is 0 Å². The summed E-state index contributed by atoms with van der Waals surface area (Å²) in [6.07, 6.45) is 0. The molecule has 0 aromatic heterocycles. The first kappa shape index (κ1) is 20.7. The van der Waals surface area contributed by atoms with Gasteiger partial charge in [-0.2, -0.15) is 0 Å². The molecule has 0 spiro atoms. The number of piperazine rings is 1. The third-order valence-electron chi connectivity index (χ3n) is 5.34. The Labute approximate surface area is 165 Å². The third-order valence-corrected chi connectivity index (χ3v) is 5.34. The van der Waals surface area contributed by atoms with Crippen molar-refractivity contribution >= 4 is 11.8 Å². The minimum absolute atomic E-state index is 0.0450. The highest BCUT2D eigenvalue weighted by Gasteiger charge is 2.25. The van der Waals surface area contributed by atoms with E-state index in [1.54, 1.807) is 30.1 Å². The number of amides is 2. The molecule has 2 aliphatic heterocycles. The van der Waals surface area contributed by atoms with E-state index in [0.717, 1.165) is 13.1 Å². The van der Waals surface area contributed by atoms with Gasteiger partial charge in [0.25, 0.3) is 0 Å². The van der Waals surface area contributed by atoms with E-state index in [4.69, 9.17) is 4.74 Å². The maximum atomic E-state index is 13.8. The van der Waals surface area contributed by atoms with Crippen LogP contribution in [0.15, 0.2) is 24.3 Å². The van der Waals surface area contributed by atoms with Gasteiger partial charge in [0.2, 0.25) is 11.8 Å². The molecule has 1 aromatic carbocycles. The zero-order chi connectivity index (χ0) is 19.9. The molecular weight excluding hydrogens is 363 g/mol. The van der Waals surface area contributed by atoms with Gasteiger partial charge in [0.1, 0.15) is 5.82 Å². The standard InChI is InChI=1S/C20H29FN4O3/c1-22(14-17-4-2-3-5-18(17)21)19(26)15-23-6-8-25(9-7-23)20(27)16-24-10-12-28-13-11-24/h2-5H,6-16H2,1H3. The van der Waals surface area contributed by atoms with Gasteiger partial charge in [-0.1, -0.05) is 18.2 Å². The summed E-state index contributed by atoms with van der Waals surface area (Å²) < 4.78 is 19.1. The molecule has 0 atom stereocenters. The molecule has 8 heteroatoms. The van der Waals surface area contributed by atoms with Crippen molar-refractivity contribution < 1.29 is 18.7 Å². The highest BCUT2D eigenvalue weighted by Crippen LogP contribution is 2.10. The van der Waals surface area contributed by atoms with E-state index in [0.29, 0.717) is 51.5 Å². The lowest BCUT2D eigenvalue weighted by Gasteiger charge is -2.36. The lowest BCUT2D eigenvalue weighted by molar-refractivity contribution is -0.136. The van der Waals surface area contributed by atoms with Crippen LogP contribution < -0.4 is 0 Å². The predicted molar refractivity (Wildman–Crippen MR) is 103 cm³/mol. The first-order valence-corrected chi connectivity index (χ1v) is 9.80. The molecule has 154 valence electrons. The Morgan fingerprint density at radius 1 is 1.00 bits per heavy atom. The Balaban J connectivity index is 1.40. The number of ether oxygens (including phenoxy) is 1. The van der Waals surface area contributed by atoms with Crippen molar-refractivity contribution in [3.05, 3.63) is 35.6 Å². The zero-order valence-corrected chi connectivity index (χ0v) is 16.5. The van der Waals surface area contributed by atoms with Crippen LogP contribution in [0.1, 0.15) is 5.56 Å². The summed E-state index contributed by atoms with van der Waals surface area (Å²) in [7, 11) is 1.69. The van der Waals surface area contributed by atoms with E-state index in [2.05, 4.69) is 9.80 Å². The Kier molecular flexibility index (Phi) is 7.36. The second-order valence-corrected chi connectivity index (χ2v) is 7.39. The molecule has 0 unspecified atom stereocenters. The summed E-state index contributed by atoms with van der Waals surface area (Å²) in [5.74, 6) is -0.199. The van der Waals surface area contributed by atoms with Gasteiger partial charge in [0.15, 0.2) is 0 Å². The predicted octanol–water partition coefficient (Wildman–Crippen LogP) is 0.261. The number of halogens is 1. The number of nitrogens with zero attached hydrogens (tertiary/aromatic N) is 4. The van der Waals surface area contributed by atoms with Crippen LogP contribution >= 0.6 is 0 Å². The van der Waals surface area contributed by atoms with Gasteiger partial charge in [-0.05, 0) is 6.07 Å². The Morgan fingerprint density at radius 3 is 2.32 bits per heavy atom. The summed E-state index contributed by atoms with van der Waals surface area (Å²) in [5, 5.41) is 0. The molecule has 2 heterocycles. The fraction of sp³-hybridized carbons (Fsp3) is 0.600. The summed E-state index contributed by atoms with van der Waals surface area (Å²) in [6, 6.07) is 6.50. The monoisotopic (exact) mass is 392 g/mol. The maximum absolute atomic E-state index is 13.8. The lowest BCUT2D eigenvalue weighted by atomic mass is 10.2. The van der Waals surface area contributed by atoms with E-state index in [-0.39, 0.29) is 30.7 Å². The first-order valence-electron chi connectivity index (χ1n) is 9.80. The summed E-state index contributed by atoms with van der Waals surface area (Å²) in [5.41, 5.74) is 0.511. The number of rotatable bonds is 6. The SMILES string of the molecule is CN(Cc1ccccc1F)C(=O)CN1CCN(C(=O)CN2CCOCC2)CC1. The fourth-order valence-corrected chi connectivity index (χ4v) is 3.49. The van der Waals surface area contributed by atoms with Gasteiger partial charge in [0, 0.05) is 58.4 Å². The highest BCUT2D eigenvalue weighted by atomic mass is 19.1. The van der Waals surface area contributed by atoms with E-state index < -0.39 is 0 Å². The van der Waals surface area contributed by atoms with Crippen LogP contribution in [-0.2, 0) is 20.9 Å². The van der Waals surface area contributed by atoms with E-state index in [1.807, 2.05) is 4.90 Å². The number of likely N-dealkylation sites (N-methyl/N-ethyl adjacent to an activating group) is 1. The van der Waals surface area contributed by atoms with Crippen molar-refractivity contribution in [2.45, 2.75) is 6.54 Å². The van der Waals surface area contributed by atoms with Crippen LogP contribution in [0, 0.1) is 5.82 Å². The van der Waals surface area contributed by atoms with Gasteiger partial charge in [-0.25, -0.2) is 4.39 Å². The van der Waals surface area contributed by atoms with Crippen molar-refractivity contribution in [3.8, 4) is 0 Å². The second kappa shape index (κ2) is 9.95. The van der Waals surface area contributed by atoms with Crippen LogP contribution in [0.3, 0.4) is 0 Å². The summed E-state index contributed by atoms with van der Waals surface area (Å²) in [6.45, 7) is 6.56. The van der Waals surface area contributed by atoms with Gasteiger partial charge >= 0.3 is 0 Å². The van der Waals surface area contributed by atoms with Crippen molar-refractivity contribution in [1.29, 1.82) is 0 Å². The van der Waals surface area contributed by atoms with Crippen molar-refractivity contribution in [2.75, 3.05) is 72.6 Å². The van der Waals surface area contributed by atoms with Gasteiger partial charge in [-0.3, -0.25) is 19.4 Å². The molecule has 2 aliphatic rings. The number of carbonyl (C=O) groups is 2. The molecule has 28 heavy (non-hydrogen) atoms. The minimum atomic E-state index is -0.297. The highest BCUT2D eigenvalue weighted by molar-refractivity contribution is 5.79. The largest absolute Gasteiger partial charge is 0.379 e. The van der Waals surface area contributed by atoms with E-state index in [9.17, 15) is 14.0 Å². The maximum Gasteiger partial charge on any atom is 0.236 e. The molecule has 0 aliphatic carbocycles. The molecule has 0 radical (unpaired) electrons. The second-order valence-electron chi connectivity index (χ2n) is 7.39. The number of hydrogen-bond acceptors (Lipinski definition) is 5. The normalized spacial score (nSPS) is 18.9. The minimum Gasteiger partial charge on any atom is -0.379 e. The number of carbonyl (C=O) groups excluding carboxylic acids is 2. The molecule has 2 amide bonds. The van der Waals surface area contributed by atoms with Crippen molar-refractivity contribution in [3.63, 3.8) is 0 Å². The molecule has 1 aromatic rings. The molecule has 0 saturated carbocycles. The topological polar surface area (TPSA) is 56.3 Å². The smallest absolute Gasteiger partial charge is 0.236 e. The average molecular weight is 392 g/mol. The van der Waals surface area contributed by atoms with Crippen molar-refractivity contribution in [1.82, 2.24) is 19.6 Å². The summed E-state index contributed by atoms with van der Waals surface area (Å²) in [4.78, 5) is 32.5. The molecule has 7 nitrogen and oxygen atoms in total. The van der Waals surface area contributed by atoms with Crippen LogP contribution in [0.2, 0.25) is 0 Å². The van der Waals surface area contributed by atoms with Gasteiger partial charge in [-0.15, -0.1) is 0 Å². The Morgan fingerprint density at radius 2 is 1.64 bits per heavy atom. The Bertz CT molecular complexity index is 673. The number of hydrogen-bond donors (Lipinski definition) is 0. The number of benzene rings is 1. The average Bonchev–Trinajstić information content (AvgIpc) is 2.71. The van der Waals surface area contributed by atoms with Gasteiger partial charge in [0.05, 0.1) is 26.3 Å². The first-order chi connectivity index (χ1) is 13.5. The van der Waals surface area contributed by atoms with E-state index >= 15 is 0 Å². The van der Waals surface area contributed by atoms with Crippen LogP contribution in [-0.4, -0.2) is 104 Å². The van der Waals surface area contributed by atoms with E-state index in [1.165, 1.54) is 6.07 Å². The van der Waals surface area contributed by atoms with Crippen LogP contribution in [0.4, 0.5) is 4.39 Å². The molecular formula is C20H29FN4O3. The third kappa shape index (κ3) is 5.73. The Hall–Kier alpha value is -2.03. The van der Waals surface area contributed by atoms with Crippen LogP contribution in [0.5, 0.6) is 0 Å². The van der Waals surface area contributed by atoms with Crippen molar-refractivity contribution in [2.24, 2.45) is 0 Å².